The van der Waals surface area contributed by atoms with Crippen molar-refractivity contribution in [2.24, 2.45) is 4.99 Å². The van der Waals surface area contributed by atoms with Crippen LogP contribution >= 0.6 is 11.6 Å². The first-order valence-corrected chi connectivity index (χ1v) is 17.7. The number of benzene rings is 2. The highest BCUT2D eigenvalue weighted by Crippen LogP contribution is 2.34. The predicted octanol–water partition coefficient (Wildman–Crippen LogP) is 4.65. The maximum absolute atomic E-state index is 12.7. The van der Waals surface area contributed by atoms with Crippen molar-refractivity contribution in [3.05, 3.63) is 70.3 Å². The number of nitrogens with one attached hydrogen (secondary N) is 1. The normalized spacial score (nSPS) is 15.3. The molecule has 0 spiro atoms. The van der Waals surface area contributed by atoms with Crippen molar-refractivity contribution < 1.29 is 23.8 Å². The Balaban J connectivity index is 1.57. The molecule has 0 aliphatic carbocycles. The zero-order valence-electron chi connectivity index (χ0n) is 24.9. The van der Waals surface area contributed by atoms with Crippen LogP contribution in [0.3, 0.4) is 0 Å². The molecule has 226 valence electrons. The van der Waals surface area contributed by atoms with E-state index in [0.717, 1.165) is 29.3 Å². The summed E-state index contributed by atoms with van der Waals surface area (Å²) in [7, 11) is 0.148. The number of rotatable bonds is 14. The molecule has 4 rings (SSSR count). The lowest BCUT2D eigenvalue weighted by atomic mass is 10.00. The number of carbonyl (C=O) groups is 1. The van der Waals surface area contributed by atoms with Crippen molar-refractivity contribution in [2.45, 2.75) is 58.0 Å². The summed E-state index contributed by atoms with van der Waals surface area (Å²) in [5.74, 6) is 1.71. The van der Waals surface area contributed by atoms with Crippen LogP contribution < -0.4 is 10.1 Å². The van der Waals surface area contributed by atoms with Crippen LogP contribution in [0.1, 0.15) is 48.6 Å². The number of amides is 1. The summed E-state index contributed by atoms with van der Waals surface area (Å²) in [5.41, 5.74) is 3.12. The zero-order chi connectivity index (χ0) is 30.3. The lowest BCUT2D eigenvalue weighted by molar-refractivity contribution is -0.121. The first-order valence-electron chi connectivity index (χ1n) is 14.2. The number of ether oxygens (including phenoxy) is 2. The van der Waals surface area contributed by atoms with Gasteiger partial charge < -0.3 is 24.3 Å². The molecule has 1 unspecified atom stereocenters. The molecule has 2 heterocycles. The van der Waals surface area contributed by atoms with Crippen molar-refractivity contribution in [3.63, 3.8) is 0 Å². The van der Waals surface area contributed by atoms with Crippen LogP contribution in [0.4, 0.5) is 0 Å². The van der Waals surface area contributed by atoms with Crippen LogP contribution in [-0.4, -0.2) is 79.4 Å². The van der Waals surface area contributed by atoms with Gasteiger partial charge in [-0.3, -0.25) is 14.4 Å². The number of aromatic nitrogens is 3. The monoisotopic (exact) mass is 613 g/mol. The number of aliphatic hydroxyl groups is 1. The quantitative estimate of drug-likeness (QED) is 0.201. The van der Waals surface area contributed by atoms with Crippen LogP contribution in [0, 0.1) is 6.92 Å². The summed E-state index contributed by atoms with van der Waals surface area (Å²) < 4.78 is 19.2. The fourth-order valence-corrected chi connectivity index (χ4v) is 6.07. The molecule has 42 heavy (non-hydrogen) atoms. The van der Waals surface area contributed by atoms with E-state index in [2.05, 4.69) is 28.6 Å². The van der Waals surface area contributed by atoms with Gasteiger partial charge in [-0.2, -0.15) is 0 Å². The van der Waals surface area contributed by atoms with Gasteiger partial charge in [0.15, 0.2) is 14.1 Å². The van der Waals surface area contributed by atoms with E-state index in [0.29, 0.717) is 41.3 Å². The van der Waals surface area contributed by atoms with Crippen molar-refractivity contribution >= 4 is 31.5 Å². The summed E-state index contributed by atoms with van der Waals surface area (Å²) in [6.07, 6.45) is 0.232. The lowest BCUT2D eigenvalue weighted by Crippen LogP contribution is -2.29. The number of carbonyl (C=O) groups excluding carboxylic acids is 1. The minimum atomic E-state index is -1.61. The molecule has 3 aromatic rings. The standard InChI is InChI=1S/C30H40ClN5O5Si/c1-6-32-28(38)17-26-30-35-34-20(2)36(30)27-13-12-24(16-25(27)29(33-26)21-8-10-22(31)11-9-21)41-19-23(37)18-40-14-7-15-42(4,5)39-3/h8-13,16,23,26,37H,6-7,14-15,17-19H2,1-5H3,(H,32,38)/t23?,26-/m0/s1. The average Bonchev–Trinajstić information content (AvgIpc) is 3.29. The average molecular weight is 614 g/mol. The number of aliphatic imine (C=N–C) groups is 1. The van der Waals surface area contributed by atoms with Crippen LogP contribution in [0.5, 0.6) is 5.75 Å². The summed E-state index contributed by atoms with van der Waals surface area (Å²) in [6, 6.07) is 13.5. The number of aryl methyl sites for hydroxylation is 1. The third kappa shape index (κ3) is 8.05. The molecular formula is C30H40ClN5O5Si. The third-order valence-electron chi connectivity index (χ3n) is 7.14. The SMILES string of the molecule is CCNC(=O)C[C@@H]1N=C(c2ccc(Cl)cc2)c2cc(OCC(O)COCCC[Si](C)(C)OC)ccc2-n2c(C)nnc21. The van der Waals surface area contributed by atoms with Gasteiger partial charge in [-0.1, -0.05) is 23.7 Å². The van der Waals surface area contributed by atoms with Crippen LogP contribution in [-0.2, 0) is 14.0 Å². The van der Waals surface area contributed by atoms with Crippen molar-refractivity contribution in [3.8, 4) is 11.4 Å². The van der Waals surface area contributed by atoms with E-state index in [4.69, 9.17) is 30.5 Å². The molecule has 1 aliphatic heterocycles. The Labute approximate surface area is 253 Å². The Morgan fingerprint density at radius 3 is 2.64 bits per heavy atom. The van der Waals surface area contributed by atoms with Crippen LogP contribution in [0.2, 0.25) is 24.2 Å². The minimum Gasteiger partial charge on any atom is -0.491 e. The molecule has 1 amide bonds. The van der Waals surface area contributed by atoms with Gasteiger partial charge in [-0.25, -0.2) is 0 Å². The molecule has 2 atom stereocenters. The summed E-state index contributed by atoms with van der Waals surface area (Å²) in [6.45, 7) is 9.44. The number of aliphatic hydroxyl groups excluding tert-OH is 1. The summed E-state index contributed by atoms with van der Waals surface area (Å²) in [5, 5.41) is 22.7. The Morgan fingerprint density at radius 1 is 1.17 bits per heavy atom. The number of halogens is 1. The highest BCUT2D eigenvalue weighted by molar-refractivity contribution is 6.71. The smallest absolute Gasteiger partial charge is 0.222 e. The van der Waals surface area contributed by atoms with Gasteiger partial charge in [0, 0.05) is 36.4 Å². The van der Waals surface area contributed by atoms with E-state index in [-0.39, 0.29) is 25.5 Å². The number of nitrogens with zero attached hydrogens (tertiary/aromatic N) is 4. The number of hydrogen-bond donors (Lipinski definition) is 2. The molecule has 0 saturated heterocycles. The highest BCUT2D eigenvalue weighted by atomic mass is 35.5. The topological polar surface area (TPSA) is 120 Å². The van der Waals surface area contributed by atoms with Gasteiger partial charge in [0.25, 0.3) is 0 Å². The second-order valence-electron chi connectivity index (χ2n) is 10.9. The second kappa shape index (κ2) is 14.4. The Kier molecular flexibility index (Phi) is 10.9. The second-order valence-corrected chi connectivity index (χ2v) is 15.7. The van der Waals surface area contributed by atoms with Gasteiger partial charge in [0.05, 0.1) is 24.4 Å². The van der Waals surface area contributed by atoms with Gasteiger partial charge in [-0.15, -0.1) is 10.2 Å². The van der Waals surface area contributed by atoms with E-state index in [1.165, 1.54) is 0 Å². The van der Waals surface area contributed by atoms with E-state index < -0.39 is 20.5 Å². The molecule has 12 heteroatoms. The van der Waals surface area contributed by atoms with E-state index in [1.54, 1.807) is 7.11 Å². The molecular weight excluding hydrogens is 574 g/mol. The lowest BCUT2D eigenvalue weighted by Gasteiger charge is -2.20. The fourth-order valence-electron chi connectivity index (χ4n) is 4.75. The summed E-state index contributed by atoms with van der Waals surface area (Å²) >= 11 is 6.20. The fraction of sp³-hybridized carbons (Fsp3) is 0.467. The van der Waals surface area contributed by atoms with E-state index in [9.17, 15) is 9.90 Å². The summed E-state index contributed by atoms with van der Waals surface area (Å²) in [4.78, 5) is 17.7. The molecule has 1 aliphatic rings. The first-order chi connectivity index (χ1) is 20.1. The molecule has 0 fully saturated rings. The van der Waals surface area contributed by atoms with E-state index >= 15 is 0 Å². The van der Waals surface area contributed by atoms with Gasteiger partial charge in [-0.05, 0) is 69.7 Å². The van der Waals surface area contributed by atoms with Gasteiger partial charge in [0.2, 0.25) is 5.91 Å². The predicted molar refractivity (Wildman–Crippen MR) is 165 cm³/mol. The number of fused-ring (bicyclic) bond motifs is 3. The molecule has 0 radical (unpaired) electrons. The van der Waals surface area contributed by atoms with E-state index in [1.807, 2.05) is 60.9 Å². The maximum Gasteiger partial charge on any atom is 0.222 e. The minimum absolute atomic E-state index is 0.0707. The molecule has 10 nitrogen and oxygen atoms in total. The maximum atomic E-state index is 12.7. The van der Waals surface area contributed by atoms with Gasteiger partial charge >= 0.3 is 0 Å². The molecule has 0 saturated carbocycles. The van der Waals surface area contributed by atoms with Gasteiger partial charge in [0.1, 0.15) is 30.3 Å². The molecule has 0 bridgehead atoms. The Morgan fingerprint density at radius 2 is 1.93 bits per heavy atom. The van der Waals surface area contributed by atoms with Crippen molar-refractivity contribution in [2.75, 3.05) is 33.5 Å². The molecule has 2 N–H and O–H groups in total. The highest BCUT2D eigenvalue weighted by Gasteiger charge is 2.30. The number of hydrogen-bond acceptors (Lipinski definition) is 8. The Bertz CT molecular complexity index is 1400. The van der Waals surface area contributed by atoms with Crippen LogP contribution in [0.15, 0.2) is 47.5 Å². The molecule has 1 aromatic heterocycles. The molecule has 2 aromatic carbocycles. The van der Waals surface area contributed by atoms with Crippen molar-refractivity contribution in [1.29, 1.82) is 0 Å². The zero-order valence-corrected chi connectivity index (χ0v) is 26.6. The Hall–Kier alpha value is -3.09. The van der Waals surface area contributed by atoms with Crippen LogP contribution in [0.25, 0.3) is 5.69 Å². The largest absolute Gasteiger partial charge is 0.491 e. The first kappa shape index (κ1) is 31.8. The third-order valence-corrected chi connectivity index (χ3v) is 10.1. The van der Waals surface area contributed by atoms with Crippen molar-refractivity contribution in [1.82, 2.24) is 20.1 Å².